The molecule has 20 heavy (non-hydrogen) atoms. The number of fused-ring (bicyclic) bond motifs is 1. The van der Waals surface area contributed by atoms with Gasteiger partial charge in [0.15, 0.2) is 6.61 Å². The third-order valence-electron chi connectivity index (χ3n) is 3.54. The second kappa shape index (κ2) is 5.37. The number of nitrogens with zero attached hydrogens (tertiary/aromatic N) is 1. The highest BCUT2D eigenvalue weighted by Gasteiger charge is 2.24. The molecule has 1 aliphatic heterocycles. The molecule has 3 heteroatoms. The van der Waals surface area contributed by atoms with Gasteiger partial charge in [0.2, 0.25) is 0 Å². The first-order chi connectivity index (χ1) is 9.74. The summed E-state index contributed by atoms with van der Waals surface area (Å²) in [4.78, 5) is 14.1. The fraction of sp³-hybridized carbons (Fsp3) is 0.235. The van der Waals surface area contributed by atoms with Crippen molar-refractivity contribution >= 4 is 11.6 Å². The van der Waals surface area contributed by atoms with Crippen LogP contribution >= 0.6 is 0 Å². The molecule has 2 aromatic carbocycles. The van der Waals surface area contributed by atoms with Crippen LogP contribution in [-0.4, -0.2) is 19.1 Å². The first-order valence-electron chi connectivity index (χ1n) is 6.82. The van der Waals surface area contributed by atoms with Crippen molar-refractivity contribution < 1.29 is 9.53 Å². The Morgan fingerprint density at radius 1 is 1.20 bits per heavy atom. The number of ether oxygens (including phenoxy) is 1. The molecule has 0 bridgehead atoms. The van der Waals surface area contributed by atoms with E-state index in [9.17, 15) is 4.79 Å². The largest absolute Gasteiger partial charge is 0.484 e. The molecule has 0 saturated heterocycles. The van der Waals surface area contributed by atoms with Crippen molar-refractivity contribution in [2.24, 2.45) is 0 Å². The van der Waals surface area contributed by atoms with Gasteiger partial charge in [0.25, 0.3) is 5.91 Å². The number of amides is 1. The van der Waals surface area contributed by atoms with Crippen LogP contribution in [0.3, 0.4) is 0 Å². The normalized spacial score (nSPS) is 13.2. The number of carbonyl (C=O) groups is 1. The van der Waals surface area contributed by atoms with E-state index in [2.05, 4.69) is 6.07 Å². The van der Waals surface area contributed by atoms with Gasteiger partial charge in [-0.2, -0.15) is 0 Å². The second-order valence-electron chi connectivity index (χ2n) is 5.03. The summed E-state index contributed by atoms with van der Waals surface area (Å²) in [6.45, 7) is 2.83. The van der Waals surface area contributed by atoms with Gasteiger partial charge in [-0.3, -0.25) is 4.79 Å². The van der Waals surface area contributed by atoms with Crippen molar-refractivity contribution in [1.82, 2.24) is 0 Å². The van der Waals surface area contributed by atoms with Gasteiger partial charge in [-0.1, -0.05) is 30.3 Å². The van der Waals surface area contributed by atoms with Crippen LogP contribution in [0.15, 0.2) is 48.5 Å². The zero-order valence-corrected chi connectivity index (χ0v) is 11.5. The van der Waals surface area contributed by atoms with Crippen LogP contribution in [-0.2, 0) is 11.2 Å². The predicted octanol–water partition coefficient (Wildman–Crippen LogP) is 2.96. The fourth-order valence-corrected chi connectivity index (χ4v) is 2.53. The molecule has 0 saturated carbocycles. The third kappa shape index (κ3) is 2.52. The maximum atomic E-state index is 12.3. The first-order valence-corrected chi connectivity index (χ1v) is 6.82. The Kier molecular flexibility index (Phi) is 3.42. The van der Waals surface area contributed by atoms with E-state index in [0.717, 1.165) is 30.0 Å². The zero-order valence-electron chi connectivity index (χ0n) is 11.5. The summed E-state index contributed by atoms with van der Waals surface area (Å²) in [5.74, 6) is 0.752. The van der Waals surface area contributed by atoms with Gasteiger partial charge in [0, 0.05) is 12.2 Å². The molecule has 3 nitrogen and oxygen atoms in total. The molecule has 2 aromatic rings. The molecule has 1 heterocycles. The molecular formula is C17H17NO2. The smallest absolute Gasteiger partial charge is 0.264 e. The van der Waals surface area contributed by atoms with E-state index in [4.69, 9.17) is 4.74 Å². The highest BCUT2D eigenvalue weighted by atomic mass is 16.5. The number of hydrogen-bond acceptors (Lipinski definition) is 2. The van der Waals surface area contributed by atoms with Crippen LogP contribution in [0.1, 0.15) is 11.1 Å². The van der Waals surface area contributed by atoms with Gasteiger partial charge < -0.3 is 9.64 Å². The molecule has 0 fully saturated rings. The summed E-state index contributed by atoms with van der Waals surface area (Å²) >= 11 is 0. The van der Waals surface area contributed by atoms with Gasteiger partial charge in [0.05, 0.1) is 0 Å². The molecule has 0 radical (unpaired) electrons. The predicted molar refractivity (Wildman–Crippen MR) is 79.2 cm³/mol. The highest BCUT2D eigenvalue weighted by molar-refractivity contribution is 5.96. The fourth-order valence-electron chi connectivity index (χ4n) is 2.53. The monoisotopic (exact) mass is 267 g/mol. The minimum atomic E-state index is 0.0106. The lowest BCUT2D eigenvalue weighted by atomic mass is 10.2. The lowest BCUT2D eigenvalue weighted by Gasteiger charge is -2.17. The highest BCUT2D eigenvalue weighted by Crippen LogP contribution is 2.27. The molecule has 0 unspecified atom stereocenters. The Hall–Kier alpha value is -2.29. The number of para-hydroxylation sites is 1. The topological polar surface area (TPSA) is 29.5 Å². The van der Waals surface area contributed by atoms with Gasteiger partial charge in [-0.15, -0.1) is 0 Å². The van der Waals surface area contributed by atoms with Crippen LogP contribution in [0.25, 0.3) is 0 Å². The molecule has 3 rings (SSSR count). The molecule has 0 spiro atoms. The average Bonchev–Trinajstić information content (AvgIpc) is 2.89. The Bertz CT molecular complexity index is 636. The number of benzene rings is 2. The SMILES string of the molecule is Cc1cccc(OCC(=O)N2CCc3ccccc32)c1. The standard InChI is InChI=1S/C17H17NO2/c1-13-5-4-7-15(11-13)20-12-17(19)18-10-9-14-6-2-3-8-16(14)18/h2-8,11H,9-10,12H2,1H3. The summed E-state index contributed by atoms with van der Waals surface area (Å²) in [5, 5.41) is 0. The van der Waals surface area contributed by atoms with Gasteiger partial charge in [0.1, 0.15) is 5.75 Å². The molecule has 102 valence electrons. The number of anilines is 1. The summed E-state index contributed by atoms with van der Waals surface area (Å²) in [5.41, 5.74) is 3.38. The van der Waals surface area contributed by atoms with E-state index in [0.29, 0.717) is 0 Å². The average molecular weight is 267 g/mol. The van der Waals surface area contributed by atoms with Gasteiger partial charge in [-0.05, 0) is 42.7 Å². The number of aryl methyl sites for hydroxylation is 1. The Balaban J connectivity index is 1.66. The van der Waals surface area contributed by atoms with E-state index < -0.39 is 0 Å². The third-order valence-corrected chi connectivity index (χ3v) is 3.54. The molecule has 0 aliphatic carbocycles. The van der Waals surface area contributed by atoms with E-state index in [1.165, 1.54) is 5.56 Å². The maximum absolute atomic E-state index is 12.3. The summed E-state index contributed by atoms with van der Waals surface area (Å²) in [6, 6.07) is 15.8. The molecule has 0 N–H and O–H groups in total. The summed E-state index contributed by atoms with van der Waals surface area (Å²) < 4.78 is 5.58. The molecule has 0 aromatic heterocycles. The zero-order chi connectivity index (χ0) is 13.9. The maximum Gasteiger partial charge on any atom is 0.264 e. The Labute approximate surface area is 118 Å². The number of rotatable bonds is 3. The van der Waals surface area contributed by atoms with E-state index in [1.807, 2.05) is 54.3 Å². The van der Waals surface area contributed by atoms with Crippen LogP contribution in [0.5, 0.6) is 5.75 Å². The molecular weight excluding hydrogens is 250 g/mol. The van der Waals surface area contributed by atoms with E-state index in [1.54, 1.807) is 0 Å². The first kappa shape index (κ1) is 12.7. The number of hydrogen-bond donors (Lipinski definition) is 0. The second-order valence-corrected chi connectivity index (χ2v) is 5.03. The molecule has 0 atom stereocenters. The lowest BCUT2D eigenvalue weighted by molar-refractivity contribution is -0.120. The minimum Gasteiger partial charge on any atom is -0.484 e. The van der Waals surface area contributed by atoms with E-state index >= 15 is 0 Å². The van der Waals surface area contributed by atoms with Crippen molar-refractivity contribution in [2.75, 3.05) is 18.1 Å². The minimum absolute atomic E-state index is 0.0106. The number of carbonyl (C=O) groups excluding carboxylic acids is 1. The van der Waals surface area contributed by atoms with Gasteiger partial charge >= 0.3 is 0 Å². The quantitative estimate of drug-likeness (QED) is 0.855. The van der Waals surface area contributed by atoms with Crippen molar-refractivity contribution in [1.29, 1.82) is 0 Å². The molecule has 1 amide bonds. The van der Waals surface area contributed by atoms with Crippen molar-refractivity contribution in [3.05, 3.63) is 59.7 Å². The van der Waals surface area contributed by atoms with E-state index in [-0.39, 0.29) is 12.5 Å². The Morgan fingerprint density at radius 2 is 2.05 bits per heavy atom. The molecule has 1 aliphatic rings. The van der Waals surface area contributed by atoms with Gasteiger partial charge in [-0.25, -0.2) is 0 Å². The lowest BCUT2D eigenvalue weighted by Crippen LogP contribution is -2.33. The Morgan fingerprint density at radius 3 is 2.90 bits per heavy atom. The summed E-state index contributed by atoms with van der Waals surface area (Å²) in [7, 11) is 0. The van der Waals surface area contributed by atoms with Crippen LogP contribution < -0.4 is 9.64 Å². The van der Waals surface area contributed by atoms with Crippen molar-refractivity contribution in [2.45, 2.75) is 13.3 Å². The van der Waals surface area contributed by atoms with Crippen molar-refractivity contribution in [3.63, 3.8) is 0 Å². The summed E-state index contributed by atoms with van der Waals surface area (Å²) in [6.07, 6.45) is 0.923. The van der Waals surface area contributed by atoms with Crippen LogP contribution in [0.2, 0.25) is 0 Å². The van der Waals surface area contributed by atoms with Crippen LogP contribution in [0, 0.1) is 6.92 Å². The van der Waals surface area contributed by atoms with Crippen molar-refractivity contribution in [3.8, 4) is 5.75 Å². The van der Waals surface area contributed by atoms with Crippen LogP contribution in [0.4, 0.5) is 5.69 Å².